The molecule has 0 unspecified atom stereocenters. The number of nitrogens with one attached hydrogen (secondary N) is 2. The number of hydrogen-bond donors (Lipinski definition) is 3. The van der Waals surface area contributed by atoms with Gasteiger partial charge < -0.3 is 11.1 Å². The molecular formula is C12H18ClN3O3S. The molecule has 0 aromatic heterocycles. The predicted octanol–water partition coefficient (Wildman–Crippen LogP) is 1.78. The van der Waals surface area contributed by atoms with Crippen LogP contribution in [0.15, 0.2) is 18.2 Å². The molecule has 0 aliphatic rings. The van der Waals surface area contributed by atoms with E-state index in [0.29, 0.717) is 22.8 Å². The fourth-order valence-electron chi connectivity index (χ4n) is 1.57. The molecule has 8 heteroatoms. The molecule has 20 heavy (non-hydrogen) atoms. The lowest BCUT2D eigenvalue weighted by Crippen LogP contribution is -2.35. The Balaban J connectivity index is 2.89. The number of halogens is 1. The second-order valence-corrected chi connectivity index (χ2v) is 6.61. The molecule has 0 aliphatic carbocycles. The molecule has 0 radical (unpaired) electrons. The zero-order chi connectivity index (χ0) is 15.3. The van der Waals surface area contributed by atoms with E-state index in [1.165, 1.54) is 18.2 Å². The highest BCUT2D eigenvalue weighted by atomic mass is 35.5. The molecule has 1 atom stereocenters. The second kappa shape index (κ2) is 6.92. The molecule has 6 nitrogen and oxygen atoms in total. The highest BCUT2D eigenvalue weighted by Crippen LogP contribution is 2.26. The summed E-state index contributed by atoms with van der Waals surface area (Å²) in [6.07, 6.45) is 2.39. The van der Waals surface area contributed by atoms with Gasteiger partial charge in [0.15, 0.2) is 0 Å². The summed E-state index contributed by atoms with van der Waals surface area (Å²) in [7, 11) is -3.39. The largest absolute Gasteiger partial charge is 0.323 e. The maximum absolute atomic E-state index is 11.8. The molecule has 1 aromatic rings. The average molecular weight is 320 g/mol. The predicted molar refractivity (Wildman–Crippen MR) is 81.4 cm³/mol. The maximum atomic E-state index is 11.8. The Hall–Kier alpha value is -1.31. The molecule has 4 N–H and O–H groups in total. The molecule has 0 saturated carbocycles. The Morgan fingerprint density at radius 2 is 2.10 bits per heavy atom. The summed E-state index contributed by atoms with van der Waals surface area (Å²) in [5.41, 5.74) is 6.33. The molecule has 0 spiro atoms. The van der Waals surface area contributed by atoms with E-state index in [4.69, 9.17) is 17.3 Å². The number of carbonyl (C=O) groups excluding carboxylic acids is 1. The van der Waals surface area contributed by atoms with Crippen molar-refractivity contribution in [2.45, 2.75) is 25.8 Å². The molecule has 0 heterocycles. The summed E-state index contributed by atoms with van der Waals surface area (Å²) in [6.45, 7) is 1.93. The van der Waals surface area contributed by atoms with E-state index in [1.807, 2.05) is 6.92 Å². The standard InChI is InChI=1S/C12H18ClN3O3S/c1-3-4-10(14)12(17)15-11-7-8(5-6-9(11)13)16-20(2,18)19/h5-7,10,16H,3-4,14H2,1-2H3,(H,15,17)/t10-/m1/s1. The minimum atomic E-state index is -3.39. The average Bonchev–Trinajstić information content (AvgIpc) is 2.31. The third-order valence-electron chi connectivity index (χ3n) is 2.46. The van der Waals surface area contributed by atoms with Gasteiger partial charge in [-0.25, -0.2) is 8.42 Å². The quantitative estimate of drug-likeness (QED) is 0.743. The van der Waals surface area contributed by atoms with E-state index in [-0.39, 0.29) is 5.91 Å². The fraction of sp³-hybridized carbons (Fsp3) is 0.417. The number of benzene rings is 1. The van der Waals surface area contributed by atoms with Gasteiger partial charge >= 0.3 is 0 Å². The van der Waals surface area contributed by atoms with Gasteiger partial charge in [0.2, 0.25) is 15.9 Å². The third kappa shape index (κ3) is 5.36. The van der Waals surface area contributed by atoms with Gasteiger partial charge in [0.25, 0.3) is 0 Å². The minimum Gasteiger partial charge on any atom is -0.323 e. The van der Waals surface area contributed by atoms with Crippen molar-refractivity contribution >= 4 is 38.9 Å². The summed E-state index contributed by atoms with van der Waals surface area (Å²) < 4.78 is 24.6. The Bertz CT molecular complexity index is 590. The number of anilines is 2. The van der Waals surface area contributed by atoms with E-state index in [1.54, 1.807) is 0 Å². The van der Waals surface area contributed by atoms with Gasteiger partial charge in [-0.15, -0.1) is 0 Å². The topological polar surface area (TPSA) is 101 Å². The van der Waals surface area contributed by atoms with Crippen LogP contribution >= 0.6 is 11.6 Å². The van der Waals surface area contributed by atoms with Crippen molar-refractivity contribution in [1.29, 1.82) is 0 Å². The van der Waals surface area contributed by atoms with Gasteiger partial charge in [0.1, 0.15) is 0 Å². The van der Waals surface area contributed by atoms with Gasteiger partial charge in [0.05, 0.1) is 28.7 Å². The van der Waals surface area contributed by atoms with Gasteiger partial charge in [-0.1, -0.05) is 24.9 Å². The first kappa shape index (κ1) is 16.7. The monoisotopic (exact) mass is 319 g/mol. The van der Waals surface area contributed by atoms with Crippen LogP contribution in [0.5, 0.6) is 0 Å². The van der Waals surface area contributed by atoms with Gasteiger partial charge in [0, 0.05) is 0 Å². The molecule has 112 valence electrons. The summed E-state index contributed by atoms with van der Waals surface area (Å²) in [5.74, 6) is -0.356. The van der Waals surface area contributed by atoms with Crippen LogP contribution in [0, 0.1) is 0 Å². The van der Waals surface area contributed by atoms with Crippen LogP contribution in [0.25, 0.3) is 0 Å². The van der Waals surface area contributed by atoms with Crippen LogP contribution < -0.4 is 15.8 Å². The van der Waals surface area contributed by atoms with Crippen LogP contribution in [-0.2, 0) is 14.8 Å². The summed E-state index contributed by atoms with van der Waals surface area (Å²) >= 11 is 5.96. The minimum absolute atomic E-state index is 0.307. The summed E-state index contributed by atoms with van der Waals surface area (Å²) in [5, 5.41) is 2.90. The molecule has 0 aliphatic heterocycles. The Labute approximate surface area is 123 Å². The third-order valence-corrected chi connectivity index (χ3v) is 3.40. The molecular weight excluding hydrogens is 302 g/mol. The number of rotatable bonds is 6. The van der Waals surface area contributed by atoms with Gasteiger partial charge in [-0.3, -0.25) is 9.52 Å². The van der Waals surface area contributed by atoms with Crippen molar-refractivity contribution in [2.75, 3.05) is 16.3 Å². The zero-order valence-electron chi connectivity index (χ0n) is 11.3. The smallest absolute Gasteiger partial charge is 0.241 e. The van der Waals surface area contributed by atoms with Crippen molar-refractivity contribution in [3.05, 3.63) is 23.2 Å². The number of hydrogen-bond acceptors (Lipinski definition) is 4. The summed E-state index contributed by atoms with van der Waals surface area (Å²) in [6, 6.07) is 3.82. The van der Waals surface area contributed by atoms with Crippen LogP contribution in [0.4, 0.5) is 11.4 Å². The highest BCUT2D eigenvalue weighted by molar-refractivity contribution is 7.92. The van der Waals surface area contributed by atoms with E-state index in [2.05, 4.69) is 10.0 Å². The fourth-order valence-corrected chi connectivity index (χ4v) is 2.29. The van der Waals surface area contributed by atoms with Crippen LogP contribution in [0.2, 0.25) is 5.02 Å². The number of nitrogens with two attached hydrogens (primary N) is 1. The molecule has 0 fully saturated rings. The zero-order valence-corrected chi connectivity index (χ0v) is 12.9. The molecule has 1 rings (SSSR count). The molecule has 1 amide bonds. The van der Waals surface area contributed by atoms with E-state index < -0.39 is 16.1 Å². The number of amides is 1. The SMILES string of the molecule is CCC[C@@H](N)C(=O)Nc1cc(NS(C)(=O)=O)ccc1Cl. The van der Waals surface area contributed by atoms with Crippen molar-refractivity contribution in [2.24, 2.45) is 5.73 Å². The first-order valence-corrected chi connectivity index (χ1v) is 8.33. The van der Waals surface area contributed by atoms with Gasteiger partial charge in [-0.05, 0) is 24.6 Å². The first-order chi connectivity index (χ1) is 9.23. The maximum Gasteiger partial charge on any atom is 0.241 e. The molecule has 0 bridgehead atoms. The normalized spacial score (nSPS) is 12.8. The van der Waals surface area contributed by atoms with Crippen LogP contribution in [0.1, 0.15) is 19.8 Å². The molecule has 1 aromatic carbocycles. The van der Waals surface area contributed by atoms with Gasteiger partial charge in [-0.2, -0.15) is 0 Å². The van der Waals surface area contributed by atoms with E-state index in [0.717, 1.165) is 12.7 Å². The van der Waals surface area contributed by atoms with Crippen LogP contribution in [0.3, 0.4) is 0 Å². The number of carbonyl (C=O) groups is 1. The highest BCUT2D eigenvalue weighted by Gasteiger charge is 2.14. The summed E-state index contributed by atoms with van der Waals surface area (Å²) in [4.78, 5) is 11.8. The lowest BCUT2D eigenvalue weighted by Gasteiger charge is -2.13. The van der Waals surface area contributed by atoms with Crippen molar-refractivity contribution < 1.29 is 13.2 Å². The second-order valence-electron chi connectivity index (χ2n) is 4.45. The van der Waals surface area contributed by atoms with Crippen molar-refractivity contribution in [3.8, 4) is 0 Å². The lowest BCUT2D eigenvalue weighted by molar-refractivity contribution is -0.117. The van der Waals surface area contributed by atoms with E-state index in [9.17, 15) is 13.2 Å². The lowest BCUT2D eigenvalue weighted by atomic mass is 10.1. The first-order valence-electron chi connectivity index (χ1n) is 6.06. The van der Waals surface area contributed by atoms with Crippen molar-refractivity contribution in [1.82, 2.24) is 0 Å². The Morgan fingerprint density at radius 1 is 1.45 bits per heavy atom. The Kier molecular flexibility index (Phi) is 5.79. The van der Waals surface area contributed by atoms with Crippen LogP contribution in [-0.4, -0.2) is 26.6 Å². The van der Waals surface area contributed by atoms with E-state index >= 15 is 0 Å². The molecule has 0 saturated heterocycles. The Morgan fingerprint density at radius 3 is 2.65 bits per heavy atom. The number of sulfonamides is 1. The van der Waals surface area contributed by atoms with Crippen molar-refractivity contribution in [3.63, 3.8) is 0 Å².